The van der Waals surface area contributed by atoms with Gasteiger partial charge < -0.3 is 19.9 Å². The van der Waals surface area contributed by atoms with Gasteiger partial charge in [0.15, 0.2) is 0 Å². The molecule has 0 unspecified atom stereocenters. The average molecular weight is 399 g/mol. The highest BCUT2D eigenvalue weighted by atomic mass is 16.5. The zero-order chi connectivity index (χ0) is 20.2. The van der Waals surface area contributed by atoms with E-state index in [1.807, 2.05) is 24.3 Å². The van der Waals surface area contributed by atoms with Crippen molar-refractivity contribution in [3.05, 3.63) is 35.9 Å². The molecule has 9 heteroatoms. The van der Waals surface area contributed by atoms with Gasteiger partial charge in [-0.25, -0.2) is 9.97 Å². The van der Waals surface area contributed by atoms with Crippen molar-refractivity contribution in [2.24, 2.45) is 7.05 Å². The van der Waals surface area contributed by atoms with Crippen LogP contribution in [0.3, 0.4) is 0 Å². The van der Waals surface area contributed by atoms with Gasteiger partial charge in [0.2, 0.25) is 5.95 Å². The highest BCUT2D eigenvalue weighted by Crippen LogP contribution is 2.31. The Morgan fingerprint density at radius 2 is 1.93 bits per heavy atom. The summed E-state index contributed by atoms with van der Waals surface area (Å²) in [4.78, 5) is 26.1. The van der Waals surface area contributed by atoms with E-state index < -0.39 is 0 Å². The number of rotatable bonds is 5. The minimum Gasteiger partial charge on any atom is -0.373 e. The van der Waals surface area contributed by atoms with E-state index in [0.717, 1.165) is 25.2 Å². The normalized spacial score (nSPS) is 23.2. The van der Waals surface area contributed by atoms with Crippen LogP contribution in [0.25, 0.3) is 0 Å². The second kappa shape index (κ2) is 8.87. The van der Waals surface area contributed by atoms with Crippen LogP contribution in [0.15, 0.2) is 24.8 Å². The molecular formula is C20H29N7O2. The molecule has 4 rings (SSSR count). The molecule has 0 bridgehead atoms. The first-order valence-electron chi connectivity index (χ1n) is 10.3. The number of likely N-dealkylation sites (tertiary alicyclic amines) is 1. The Balaban J connectivity index is 1.60. The van der Waals surface area contributed by atoms with Crippen molar-refractivity contribution >= 4 is 11.9 Å². The van der Waals surface area contributed by atoms with Crippen LogP contribution in [-0.2, 0) is 11.8 Å². The minimum atomic E-state index is -0.184. The molecule has 2 saturated heterocycles. The summed E-state index contributed by atoms with van der Waals surface area (Å²) >= 11 is 0. The molecule has 2 aliphatic heterocycles. The molecule has 0 aliphatic carbocycles. The van der Waals surface area contributed by atoms with Gasteiger partial charge >= 0.3 is 0 Å². The number of hydrogen-bond donors (Lipinski definition) is 1. The number of hydrogen-bond acceptors (Lipinski definition) is 7. The Hall–Kier alpha value is -2.52. The van der Waals surface area contributed by atoms with Crippen molar-refractivity contribution in [1.29, 1.82) is 0 Å². The molecule has 0 saturated carbocycles. The first-order chi connectivity index (χ1) is 14.2. The Bertz CT molecular complexity index is 816. The number of carbonyl (C=O) groups is 1. The number of aryl methyl sites for hydroxylation is 1. The van der Waals surface area contributed by atoms with Gasteiger partial charge in [0.05, 0.1) is 30.5 Å². The van der Waals surface area contributed by atoms with Gasteiger partial charge in [-0.05, 0) is 25.9 Å². The largest absolute Gasteiger partial charge is 0.373 e. The smallest absolute Gasteiger partial charge is 0.257 e. The van der Waals surface area contributed by atoms with Crippen LogP contribution in [0, 0.1) is 0 Å². The number of aromatic nitrogens is 4. The number of morpholine rings is 1. The number of carbonyl (C=O) groups excluding carboxylic acids is 1. The molecule has 2 aliphatic rings. The van der Waals surface area contributed by atoms with E-state index in [1.165, 1.54) is 19.3 Å². The lowest BCUT2D eigenvalue weighted by molar-refractivity contribution is -0.0741. The third-order valence-electron chi connectivity index (χ3n) is 5.69. The highest BCUT2D eigenvalue weighted by molar-refractivity contribution is 5.94. The van der Waals surface area contributed by atoms with Crippen LogP contribution >= 0.6 is 0 Å². The van der Waals surface area contributed by atoms with Gasteiger partial charge in [0, 0.05) is 51.3 Å². The molecular weight excluding hydrogens is 370 g/mol. The number of ether oxygens (including phenoxy) is 1. The second-order valence-corrected chi connectivity index (χ2v) is 7.71. The van der Waals surface area contributed by atoms with Crippen LogP contribution in [-0.4, -0.2) is 81.4 Å². The first kappa shape index (κ1) is 19.8. The minimum absolute atomic E-state index is 0.0755. The lowest BCUT2D eigenvalue weighted by Gasteiger charge is -2.43. The van der Waals surface area contributed by atoms with E-state index in [1.54, 1.807) is 24.1 Å². The van der Waals surface area contributed by atoms with Crippen LogP contribution in [0.5, 0.6) is 0 Å². The summed E-state index contributed by atoms with van der Waals surface area (Å²) in [5, 5.41) is 7.22. The second-order valence-electron chi connectivity index (χ2n) is 7.71. The van der Waals surface area contributed by atoms with E-state index in [0.29, 0.717) is 24.7 Å². The zero-order valence-corrected chi connectivity index (χ0v) is 17.1. The van der Waals surface area contributed by atoms with Crippen molar-refractivity contribution in [3.63, 3.8) is 0 Å². The van der Waals surface area contributed by atoms with Crippen molar-refractivity contribution in [3.8, 4) is 0 Å². The third kappa shape index (κ3) is 4.40. The Morgan fingerprint density at radius 3 is 2.59 bits per heavy atom. The summed E-state index contributed by atoms with van der Waals surface area (Å²) < 4.78 is 7.97. The number of nitrogens with zero attached hydrogens (tertiary/aromatic N) is 6. The van der Waals surface area contributed by atoms with E-state index in [2.05, 4.69) is 25.3 Å². The Kier molecular flexibility index (Phi) is 6.05. The number of anilines is 1. The molecule has 4 heterocycles. The predicted octanol–water partition coefficient (Wildman–Crippen LogP) is 1.32. The lowest BCUT2D eigenvalue weighted by atomic mass is 9.98. The highest BCUT2D eigenvalue weighted by Gasteiger charge is 2.38. The van der Waals surface area contributed by atoms with Crippen LogP contribution < -0.4 is 5.32 Å². The van der Waals surface area contributed by atoms with E-state index in [-0.39, 0.29) is 18.1 Å². The summed E-state index contributed by atoms with van der Waals surface area (Å²) in [6.07, 6.45) is 10.6. The SMILES string of the molecule is CNc1ncc(C(=O)N2CCO[C@@H](CN3CCCCC3)[C@@H]2c2cnn(C)c2)cn1. The van der Waals surface area contributed by atoms with Gasteiger partial charge in [-0.15, -0.1) is 0 Å². The molecule has 2 atom stereocenters. The number of piperidine rings is 1. The molecule has 0 spiro atoms. The molecule has 0 aromatic carbocycles. The van der Waals surface area contributed by atoms with Gasteiger partial charge in [-0.1, -0.05) is 6.42 Å². The van der Waals surface area contributed by atoms with Crippen molar-refractivity contribution in [2.75, 3.05) is 45.2 Å². The summed E-state index contributed by atoms with van der Waals surface area (Å²) in [7, 11) is 3.64. The Labute approximate surface area is 171 Å². The quantitative estimate of drug-likeness (QED) is 0.811. The van der Waals surface area contributed by atoms with Gasteiger partial charge in [0.25, 0.3) is 5.91 Å². The van der Waals surface area contributed by atoms with Gasteiger partial charge in [0.1, 0.15) is 0 Å². The molecule has 2 aromatic heterocycles. The summed E-state index contributed by atoms with van der Waals surface area (Å²) in [6, 6.07) is -0.184. The first-order valence-corrected chi connectivity index (χ1v) is 10.3. The molecule has 9 nitrogen and oxygen atoms in total. The standard InChI is InChI=1S/C20H29N7O2/c1-21-20-22-10-15(11-23-20)19(28)27-8-9-29-17(14-26-6-4-3-5-7-26)18(27)16-12-24-25(2)13-16/h10-13,17-18H,3-9,14H2,1-2H3,(H,21,22,23)/t17-,18-/m0/s1. The van der Waals surface area contributed by atoms with Crippen LogP contribution in [0.1, 0.15) is 41.2 Å². The topological polar surface area (TPSA) is 88.4 Å². The van der Waals surface area contributed by atoms with Crippen molar-refractivity contribution in [1.82, 2.24) is 29.5 Å². The van der Waals surface area contributed by atoms with E-state index in [9.17, 15) is 4.79 Å². The van der Waals surface area contributed by atoms with E-state index in [4.69, 9.17) is 4.74 Å². The predicted molar refractivity (Wildman–Crippen MR) is 109 cm³/mol. The maximum atomic E-state index is 13.4. The van der Waals surface area contributed by atoms with Gasteiger partial charge in [-0.2, -0.15) is 5.10 Å². The average Bonchev–Trinajstić information content (AvgIpc) is 3.19. The lowest BCUT2D eigenvalue weighted by Crippen LogP contribution is -2.52. The Morgan fingerprint density at radius 1 is 1.17 bits per heavy atom. The molecule has 1 amide bonds. The maximum absolute atomic E-state index is 13.4. The summed E-state index contributed by atoms with van der Waals surface area (Å²) in [6.45, 7) is 4.05. The van der Waals surface area contributed by atoms with Crippen molar-refractivity contribution in [2.45, 2.75) is 31.4 Å². The molecule has 2 fully saturated rings. The summed E-state index contributed by atoms with van der Waals surface area (Å²) in [5.74, 6) is 0.420. The van der Waals surface area contributed by atoms with E-state index >= 15 is 0 Å². The van der Waals surface area contributed by atoms with Crippen molar-refractivity contribution < 1.29 is 9.53 Å². The fourth-order valence-electron chi connectivity index (χ4n) is 4.23. The number of amides is 1. The molecule has 29 heavy (non-hydrogen) atoms. The molecule has 1 N–H and O–H groups in total. The van der Waals surface area contributed by atoms with Crippen LogP contribution in [0.2, 0.25) is 0 Å². The fraction of sp³-hybridized carbons (Fsp3) is 0.600. The van der Waals surface area contributed by atoms with Gasteiger partial charge in [-0.3, -0.25) is 9.48 Å². The third-order valence-corrected chi connectivity index (χ3v) is 5.69. The molecule has 156 valence electrons. The number of nitrogens with one attached hydrogen (secondary N) is 1. The summed E-state index contributed by atoms with van der Waals surface area (Å²) in [5.41, 5.74) is 1.48. The zero-order valence-electron chi connectivity index (χ0n) is 17.1. The molecule has 2 aromatic rings. The fourth-order valence-corrected chi connectivity index (χ4v) is 4.23. The molecule has 0 radical (unpaired) electrons. The monoisotopic (exact) mass is 399 g/mol. The van der Waals surface area contributed by atoms with Crippen LogP contribution in [0.4, 0.5) is 5.95 Å². The maximum Gasteiger partial charge on any atom is 0.257 e.